The van der Waals surface area contributed by atoms with E-state index in [0.717, 1.165) is 5.57 Å². The third-order valence-electron chi connectivity index (χ3n) is 2.65. The lowest BCUT2D eigenvalue weighted by Crippen LogP contribution is -2.17. The van der Waals surface area contributed by atoms with Gasteiger partial charge in [0.05, 0.1) is 5.56 Å². The van der Waals surface area contributed by atoms with Gasteiger partial charge in [-0.1, -0.05) is 11.6 Å². The SMILES string of the molecule is C=C(C)CCC(=O)c1cccc2c1OCCO2. The van der Waals surface area contributed by atoms with Crippen molar-refractivity contribution < 1.29 is 14.3 Å². The Morgan fingerprint density at radius 3 is 2.82 bits per heavy atom. The second kappa shape index (κ2) is 5.04. The number of benzene rings is 1. The zero-order chi connectivity index (χ0) is 12.3. The molecule has 1 aromatic carbocycles. The number of carbonyl (C=O) groups is 1. The molecule has 1 aromatic rings. The maximum atomic E-state index is 12.0. The van der Waals surface area contributed by atoms with Crippen molar-refractivity contribution in [1.82, 2.24) is 0 Å². The van der Waals surface area contributed by atoms with Gasteiger partial charge in [-0.2, -0.15) is 0 Å². The lowest BCUT2D eigenvalue weighted by Gasteiger charge is -2.20. The molecule has 0 radical (unpaired) electrons. The monoisotopic (exact) mass is 232 g/mol. The summed E-state index contributed by atoms with van der Waals surface area (Å²) in [4.78, 5) is 12.0. The lowest BCUT2D eigenvalue weighted by atomic mass is 10.0. The fourth-order valence-electron chi connectivity index (χ4n) is 1.75. The molecule has 1 aliphatic heterocycles. The molecule has 2 rings (SSSR count). The van der Waals surface area contributed by atoms with E-state index >= 15 is 0 Å². The molecule has 0 aromatic heterocycles. The second-order valence-corrected chi connectivity index (χ2v) is 4.21. The van der Waals surface area contributed by atoms with Crippen LogP contribution in [0.15, 0.2) is 30.4 Å². The minimum atomic E-state index is 0.0790. The number of para-hydroxylation sites is 1. The molecule has 90 valence electrons. The lowest BCUT2D eigenvalue weighted by molar-refractivity contribution is 0.0971. The summed E-state index contributed by atoms with van der Waals surface area (Å²) in [6, 6.07) is 5.43. The van der Waals surface area contributed by atoms with Crippen molar-refractivity contribution in [3.05, 3.63) is 35.9 Å². The minimum Gasteiger partial charge on any atom is -0.486 e. The molecule has 1 aliphatic rings. The summed E-state index contributed by atoms with van der Waals surface area (Å²) < 4.78 is 11.0. The van der Waals surface area contributed by atoms with Crippen molar-refractivity contribution in [2.24, 2.45) is 0 Å². The van der Waals surface area contributed by atoms with Crippen molar-refractivity contribution in [3.63, 3.8) is 0 Å². The Balaban J connectivity index is 2.20. The zero-order valence-corrected chi connectivity index (χ0v) is 9.99. The molecule has 0 fully saturated rings. The molecule has 3 nitrogen and oxygen atoms in total. The molecule has 0 aliphatic carbocycles. The first-order valence-electron chi connectivity index (χ1n) is 5.74. The van der Waals surface area contributed by atoms with Crippen LogP contribution in [0.2, 0.25) is 0 Å². The summed E-state index contributed by atoms with van der Waals surface area (Å²) >= 11 is 0. The molecule has 3 heteroatoms. The third-order valence-corrected chi connectivity index (χ3v) is 2.65. The number of ether oxygens (including phenoxy) is 2. The van der Waals surface area contributed by atoms with Gasteiger partial charge in [0.15, 0.2) is 17.3 Å². The predicted molar refractivity (Wildman–Crippen MR) is 65.8 cm³/mol. The van der Waals surface area contributed by atoms with E-state index in [2.05, 4.69) is 6.58 Å². The molecule has 0 unspecified atom stereocenters. The van der Waals surface area contributed by atoms with Crippen LogP contribution in [-0.2, 0) is 0 Å². The topological polar surface area (TPSA) is 35.5 Å². The Labute approximate surface area is 101 Å². The van der Waals surface area contributed by atoms with Crippen molar-refractivity contribution >= 4 is 5.78 Å². The summed E-state index contributed by atoms with van der Waals surface area (Å²) in [5.41, 5.74) is 1.63. The molecule has 17 heavy (non-hydrogen) atoms. The summed E-state index contributed by atoms with van der Waals surface area (Å²) in [6.07, 6.45) is 1.18. The molecule has 1 heterocycles. The van der Waals surface area contributed by atoms with E-state index in [4.69, 9.17) is 9.47 Å². The predicted octanol–water partition coefficient (Wildman–Crippen LogP) is 3.00. The van der Waals surface area contributed by atoms with Crippen LogP contribution >= 0.6 is 0 Å². The van der Waals surface area contributed by atoms with Crippen molar-refractivity contribution in [2.45, 2.75) is 19.8 Å². The molecule has 0 saturated heterocycles. The van der Waals surface area contributed by atoms with Crippen LogP contribution in [0.25, 0.3) is 0 Å². The number of Topliss-reactive ketones (excluding diaryl/α,β-unsaturated/α-hetero) is 1. The van der Waals surface area contributed by atoms with Crippen molar-refractivity contribution in [1.29, 1.82) is 0 Å². The Kier molecular flexibility index (Phi) is 3.47. The molecule has 0 saturated carbocycles. The van der Waals surface area contributed by atoms with Gasteiger partial charge >= 0.3 is 0 Å². The smallest absolute Gasteiger partial charge is 0.172 e. The molecule has 0 spiro atoms. The van der Waals surface area contributed by atoms with Gasteiger partial charge in [-0.05, 0) is 25.5 Å². The average Bonchev–Trinajstić information content (AvgIpc) is 2.35. The van der Waals surface area contributed by atoms with Gasteiger partial charge in [0.1, 0.15) is 13.2 Å². The highest BCUT2D eigenvalue weighted by Crippen LogP contribution is 2.34. The molecule has 0 N–H and O–H groups in total. The summed E-state index contributed by atoms with van der Waals surface area (Å²) in [5.74, 6) is 1.33. The van der Waals surface area contributed by atoms with Gasteiger partial charge in [0, 0.05) is 6.42 Å². The highest BCUT2D eigenvalue weighted by molar-refractivity contribution is 5.99. The summed E-state index contributed by atoms with van der Waals surface area (Å²) in [5, 5.41) is 0. The van der Waals surface area contributed by atoms with Crippen molar-refractivity contribution in [2.75, 3.05) is 13.2 Å². The van der Waals surface area contributed by atoms with E-state index in [1.807, 2.05) is 19.1 Å². The van der Waals surface area contributed by atoms with E-state index < -0.39 is 0 Å². The average molecular weight is 232 g/mol. The van der Waals surface area contributed by atoms with Crippen LogP contribution < -0.4 is 9.47 Å². The van der Waals surface area contributed by atoms with Crippen molar-refractivity contribution in [3.8, 4) is 11.5 Å². The van der Waals surface area contributed by atoms with Gasteiger partial charge < -0.3 is 9.47 Å². The minimum absolute atomic E-state index is 0.0790. The number of fused-ring (bicyclic) bond motifs is 1. The summed E-state index contributed by atoms with van der Waals surface area (Å²) in [7, 11) is 0. The van der Waals surface area contributed by atoms with Crippen LogP contribution in [0.1, 0.15) is 30.1 Å². The first-order valence-corrected chi connectivity index (χ1v) is 5.74. The van der Waals surface area contributed by atoms with E-state index in [9.17, 15) is 4.79 Å². The van der Waals surface area contributed by atoms with Gasteiger partial charge in [0.25, 0.3) is 0 Å². The fraction of sp³-hybridized carbons (Fsp3) is 0.357. The molecule has 0 bridgehead atoms. The highest BCUT2D eigenvalue weighted by atomic mass is 16.6. The largest absolute Gasteiger partial charge is 0.486 e. The Bertz CT molecular complexity index is 449. The van der Waals surface area contributed by atoms with Gasteiger partial charge in [-0.15, -0.1) is 6.58 Å². The standard InChI is InChI=1S/C14H16O3/c1-10(2)6-7-12(15)11-4-3-5-13-14(11)17-9-8-16-13/h3-5H,1,6-9H2,2H3. The molecule has 0 atom stereocenters. The Hall–Kier alpha value is -1.77. The van der Waals surface area contributed by atoms with Gasteiger partial charge in [0.2, 0.25) is 0 Å². The van der Waals surface area contributed by atoms with E-state index in [1.54, 1.807) is 6.07 Å². The summed E-state index contributed by atoms with van der Waals surface area (Å²) in [6.45, 7) is 6.76. The van der Waals surface area contributed by atoms with Crippen LogP contribution in [0, 0.1) is 0 Å². The number of hydrogen-bond acceptors (Lipinski definition) is 3. The van der Waals surface area contributed by atoms with Crippen LogP contribution in [0.3, 0.4) is 0 Å². The number of rotatable bonds is 4. The first-order chi connectivity index (χ1) is 8.18. The van der Waals surface area contributed by atoms with Crippen LogP contribution in [-0.4, -0.2) is 19.0 Å². The van der Waals surface area contributed by atoms with Crippen LogP contribution in [0.4, 0.5) is 0 Å². The maximum Gasteiger partial charge on any atom is 0.172 e. The van der Waals surface area contributed by atoms with E-state index in [0.29, 0.717) is 43.1 Å². The fourth-order valence-corrected chi connectivity index (χ4v) is 1.75. The number of allylic oxidation sites excluding steroid dienone is 1. The van der Waals surface area contributed by atoms with E-state index in [-0.39, 0.29) is 5.78 Å². The van der Waals surface area contributed by atoms with Crippen LogP contribution in [0.5, 0.6) is 11.5 Å². The van der Waals surface area contributed by atoms with Gasteiger partial charge in [-0.25, -0.2) is 0 Å². The highest BCUT2D eigenvalue weighted by Gasteiger charge is 2.19. The number of ketones is 1. The second-order valence-electron chi connectivity index (χ2n) is 4.21. The molecule has 0 amide bonds. The Morgan fingerprint density at radius 1 is 1.29 bits per heavy atom. The quantitative estimate of drug-likeness (QED) is 0.591. The normalized spacial score (nSPS) is 13.2. The Morgan fingerprint density at radius 2 is 2.06 bits per heavy atom. The maximum absolute atomic E-state index is 12.0. The first kappa shape index (κ1) is 11.7. The molecular formula is C14H16O3. The number of carbonyl (C=O) groups excluding carboxylic acids is 1. The van der Waals surface area contributed by atoms with Gasteiger partial charge in [-0.3, -0.25) is 4.79 Å². The molecular weight excluding hydrogens is 216 g/mol. The number of hydrogen-bond donors (Lipinski definition) is 0. The van der Waals surface area contributed by atoms with E-state index in [1.165, 1.54) is 0 Å². The third kappa shape index (κ3) is 2.67. The zero-order valence-electron chi connectivity index (χ0n) is 9.99.